The Kier molecular flexibility index (Phi) is 4.39. The molecular weight excluding hydrogens is 326 g/mol. The van der Waals surface area contributed by atoms with E-state index in [-0.39, 0.29) is 5.41 Å². The Labute approximate surface area is 134 Å². The summed E-state index contributed by atoms with van der Waals surface area (Å²) in [5.41, 5.74) is 2.86. The second kappa shape index (κ2) is 5.91. The van der Waals surface area contributed by atoms with E-state index in [1.807, 2.05) is 19.1 Å². The van der Waals surface area contributed by atoms with Crippen molar-refractivity contribution in [2.45, 2.75) is 33.1 Å². The first-order valence-corrected chi connectivity index (χ1v) is 7.58. The van der Waals surface area contributed by atoms with E-state index >= 15 is 0 Å². The molecule has 0 aliphatic heterocycles. The van der Waals surface area contributed by atoms with Gasteiger partial charge in [0.05, 0.1) is 11.6 Å². The summed E-state index contributed by atoms with van der Waals surface area (Å²) in [4.78, 5) is 0. The van der Waals surface area contributed by atoms with Gasteiger partial charge in [0.1, 0.15) is 11.5 Å². The van der Waals surface area contributed by atoms with E-state index in [1.54, 1.807) is 12.1 Å². The quantitative estimate of drug-likeness (QED) is 0.698. The molecule has 0 radical (unpaired) electrons. The summed E-state index contributed by atoms with van der Waals surface area (Å²) >= 11 is 3.41. The molecule has 21 heavy (non-hydrogen) atoms. The van der Waals surface area contributed by atoms with Gasteiger partial charge in [0.15, 0.2) is 0 Å². The molecule has 2 nitrogen and oxygen atoms in total. The van der Waals surface area contributed by atoms with Gasteiger partial charge in [0, 0.05) is 10.0 Å². The molecule has 108 valence electrons. The van der Waals surface area contributed by atoms with Crippen molar-refractivity contribution < 1.29 is 4.74 Å². The fourth-order valence-corrected chi connectivity index (χ4v) is 2.62. The molecule has 0 saturated heterocycles. The summed E-state index contributed by atoms with van der Waals surface area (Å²) < 4.78 is 6.89. The number of halogens is 1. The minimum Gasteiger partial charge on any atom is -0.457 e. The van der Waals surface area contributed by atoms with Gasteiger partial charge in [-0.2, -0.15) is 5.26 Å². The van der Waals surface area contributed by atoms with E-state index in [0.29, 0.717) is 11.3 Å². The van der Waals surface area contributed by atoms with Gasteiger partial charge in [-0.15, -0.1) is 0 Å². The smallest absolute Gasteiger partial charge is 0.131 e. The summed E-state index contributed by atoms with van der Waals surface area (Å²) in [6, 6.07) is 13.8. The number of ether oxygens (including phenoxy) is 1. The fourth-order valence-electron chi connectivity index (χ4n) is 2.15. The second-order valence-electron chi connectivity index (χ2n) is 6.14. The summed E-state index contributed by atoms with van der Waals surface area (Å²) in [6.07, 6.45) is 0. The van der Waals surface area contributed by atoms with Crippen molar-refractivity contribution in [3.63, 3.8) is 0 Å². The molecule has 0 heterocycles. The molecule has 0 aliphatic rings. The third-order valence-corrected chi connectivity index (χ3v) is 3.63. The van der Waals surface area contributed by atoms with Crippen LogP contribution in [0.4, 0.5) is 0 Å². The van der Waals surface area contributed by atoms with Gasteiger partial charge in [-0.05, 0) is 42.2 Å². The Morgan fingerprint density at radius 3 is 2.43 bits per heavy atom. The number of nitriles is 1. The summed E-state index contributed by atoms with van der Waals surface area (Å²) in [6.45, 7) is 8.52. The van der Waals surface area contributed by atoms with Crippen LogP contribution in [0.1, 0.15) is 37.5 Å². The molecule has 0 bridgehead atoms. The average Bonchev–Trinajstić information content (AvgIpc) is 2.36. The lowest BCUT2D eigenvalue weighted by molar-refractivity contribution is 0.454. The van der Waals surface area contributed by atoms with Crippen molar-refractivity contribution in [1.29, 1.82) is 5.26 Å². The first-order chi connectivity index (χ1) is 9.79. The first kappa shape index (κ1) is 15.6. The Hall–Kier alpha value is -1.79. The maximum absolute atomic E-state index is 9.05. The highest BCUT2D eigenvalue weighted by Gasteiger charge is 2.19. The fraction of sp³-hybridized carbons (Fsp3) is 0.278. The molecule has 0 aliphatic carbocycles. The minimum absolute atomic E-state index is 0.00684. The number of rotatable bonds is 2. The van der Waals surface area contributed by atoms with Crippen LogP contribution in [0, 0.1) is 18.3 Å². The van der Waals surface area contributed by atoms with E-state index in [0.717, 1.165) is 21.3 Å². The van der Waals surface area contributed by atoms with E-state index < -0.39 is 0 Å². The standard InChI is InChI=1S/C18H18BrNO/c1-12-5-6-16(18(2,3)4)17(7-12)21-15-9-13(11-20)8-14(19)10-15/h5-10H,1-4H3. The molecule has 0 saturated carbocycles. The minimum atomic E-state index is -0.00684. The highest BCUT2D eigenvalue weighted by molar-refractivity contribution is 9.10. The highest BCUT2D eigenvalue weighted by Crippen LogP contribution is 2.35. The van der Waals surface area contributed by atoms with Crippen LogP contribution in [0.15, 0.2) is 40.9 Å². The first-order valence-electron chi connectivity index (χ1n) is 6.79. The van der Waals surface area contributed by atoms with Gasteiger partial charge in [0.2, 0.25) is 0 Å². The zero-order valence-electron chi connectivity index (χ0n) is 12.7. The zero-order chi connectivity index (χ0) is 15.6. The molecule has 0 spiro atoms. The van der Waals surface area contributed by atoms with Crippen molar-refractivity contribution >= 4 is 15.9 Å². The predicted molar refractivity (Wildman–Crippen MR) is 88.8 cm³/mol. The second-order valence-corrected chi connectivity index (χ2v) is 7.05. The Morgan fingerprint density at radius 2 is 1.81 bits per heavy atom. The predicted octanol–water partition coefficient (Wildman–Crippen LogP) is 5.72. The maximum Gasteiger partial charge on any atom is 0.131 e. The van der Waals surface area contributed by atoms with Crippen LogP contribution in [0.2, 0.25) is 0 Å². The normalized spacial score (nSPS) is 11.0. The molecule has 0 unspecified atom stereocenters. The van der Waals surface area contributed by atoms with Crippen LogP contribution < -0.4 is 4.74 Å². The monoisotopic (exact) mass is 343 g/mol. The lowest BCUT2D eigenvalue weighted by Gasteiger charge is -2.23. The SMILES string of the molecule is Cc1ccc(C(C)(C)C)c(Oc2cc(Br)cc(C#N)c2)c1. The molecule has 2 rings (SSSR count). The van der Waals surface area contributed by atoms with Crippen molar-refractivity contribution in [1.82, 2.24) is 0 Å². The van der Waals surface area contributed by atoms with Gasteiger partial charge in [-0.3, -0.25) is 0 Å². The van der Waals surface area contributed by atoms with Crippen LogP contribution in [-0.4, -0.2) is 0 Å². The van der Waals surface area contributed by atoms with Crippen molar-refractivity contribution in [2.75, 3.05) is 0 Å². The van der Waals surface area contributed by atoms with Crippen LogP contribution in [0.3, 0.4) is 0 Å². The van der Waals surface area contributed by atoms with Gasteiger partial charge < -0.3 is 4.74 Å². The molecule has 0 fully saturated rings. The summed E-state index contributed by atoms with van der Waals surface area (Å²) in [5, 5.41) is 9.05. The molecule has 0 aromatic heterocycles. The number of hydrogen-bond acceptors (Lipinski definition) is 2. The van der Waals surface area contributed by atoms with Gasteiger partial charge in [-0.25, -0.2) is 0 Å². The Balaban J connectivity index is 2.47. The number of hydrogen-bond donors (Lipinski definition) is 0. The van der Waals surface area contributed by atoms with Crippen LogP contribution in [0.5, 0.6) is 11.5 Å². The van der Waals surface area contributed by atoms with E-state index in [2.05, 4.69) is 54.9 Å². The van der Waals surface area contributed by atoms with Gasteiger partial charge in [-0.1, -0.05) is 48.8 Å². The van der Waals surface area contributed by atoms with Crippen molar-refractivity contribution in [3.05, 3.63) is 57.6 Å². The van der Waals surface area contributed by atoms with Crippen molar-refractivity contribution in [2.24, 2.45) is 0 Å². The van der Waals surface area contributed by atoms with Gasteiger partial charge >= 0.3 is 0 Å². The molecular formula is C18H18BrNO. The lowest BCUT2D eigenvalue weighted by Crippen LogP contribution is -2.12. The third-order valence-electron chi connectivity index (χ3n) is 3.17. The summed E-state index contributed by atoms with van der Waals surface area (Å²) in [5.74, 6) is 1.50. The molecule has 0 amide bonds. The molecule has 2 aromatic rings. The highest BCUT2D eigenvalue weighted by atomic mass is 79.9. The third kappa shape index (κ3) is 3.86. The molecule has 0 atom stereocenters. The largest absolute Gasteiger partial charge is 0.457 e. The molecule has 2 aromatic carbocycles. The van der Waals surface area contributed by atoms with E-state index in [9.17, 15) is 0 Å². The van der Waals surface area contributed by atoms with E-state index in [1.165, 1.54) is 0 Å². The van der Waals surface area contributed by atoms with Crippen molar-refractivity contribution in [3.8, 4) is 17.6 Å². The van der Waals surface area contributed by atoms with E-state index in [4.69, 9.17) is 10.00 Å². The van der Waals surface area contributed by atoms with Crippen LogP contribution in [0.25, 0.3) is 0 Å². The lowest BCUT2D eigenvalue weighted by atomic mass is 9.86. The molecule has 0 N–H and O–H groups in total. The molecule has 3 heteroatoms. The Bertz CT molecular complexity index is 708. The number of benzene rings is 2. The van der Waals surface area contributed by atoms with Crippen LogP contribution in [-0.2, 0) is 5.41 Å². The maximum atomic E-state index is 9.05. The number of nitrogens with zero attached hydrogens (tertiary/aromatic N) is 1. The zero-order valence-corrected chi connectivity index (χ0v) is 14.3. The van der Waals surface area contributed by atoms with Crippen LogP contribution >= 0.6 is 15.9 Å². The average molecular weight is 344 g/mol. The number of aryl methyl sites for hydroxylation is 1. The topological polar surface area (TPSA) is 33.0 Å². The van der Waals surface area contributed by atoms with Gasteiger partial charge in [0.25, 0.3) is 0 Å². The summed E-state index contributed by atoms with van der Waals surface area (Å²) in [7, 11) is 0. The Morgan fingerprint density at radius 1 is 1.10 bits per heavy atom.